The number of carbonyl (C=O) groups is 1. The van der Waals surface area contributed by atoms with Crippen molar-refractivity contribution in [2.45, 2.75) is 31.9 Å². The van der Waals surface area contributed by atoms with Crippen LogP contribution in [0, 0.1) is 0 Å². The first-order valence-corrected chi connectivity index (χ1v) is 9.92. The minimum atomic E-state index is -0.00183. The van der Waals surface area contributed by atoms with Gasteiger partial charge in [0.25, 0.3) is 0 Å². The zero-order chi connectivity index (χ0) is 18.2. The van der Waals surface area contributed by atoms with Crippen LogP contribution in [0.3, 0.4) is 0 Å². The van der Waals surface area contributed by atoms with Crippen molar-refractivity contribution >= 4 is 22.9 Å². The number of methoxy groups -OCH3 is 1. The summed E-state index contributed by atoms with van der Waals surface area (Å²) in [5, 5.41) is 5.04. The van der Waals surface area contributed by atoms with E-state index in [1.165, 1.54) is 4.88 Å². The number of nitrogens with zero attached hydrogens (tertiary/aromatic N) is 1. The molecule has 1 unspecified atom stereocenters. The zero-order valence-corrected chi connectivity index (χ0v) is 16.0. The lowest BCUT2D eigenvalue weighted by molar-refractivity contribution is -0.116. The van der Waals surface area contributed by atoms with Crippen molar-refractivity contribution < 1.29 is 14.3 Å². The Balaban J connectivity index is 1.54. The van der Waals surface area contributed by atoms with Gasteiger partial charge in [0.1, 0.15) is 5.75 Å². The lowest BCUT2D eigenvalue weighted by Crippen LogP contribution is -2.34. The van der Waals surface area contributed by atoms with Crippen molar-refractivity contribution in [3.05, 3.63) is 46.7 Å². The topological polar surface area (TPSA) is 50.8 Å². The molecular weight excluding hydrogens is 348 g/mol. The lowest BCUT2D eigenvalue weighted by atomic mass is 10.2. The standard InChI is InChI=1S/C20H26N2O3S/c1-24-19-9-3-2-8-18(19)21-20(23)10-11-22(14-16-6-4-12-25-16)15-17-7-5-13-26-17/h2-3,5,7-9,13,16H,4,6,10-12,14-15H2,1H3,(H,21,23). The van der Waals surface area contributed by atoms with Crippen LogP contribution in [-0.2, 0) is 16.1 Å². The SMILES string of the molecule is COc1ccccc1NC(=O)CCN(Cc1cccs1)CC1CCCO1. The Kier molecular flexibility index (Phi) is 7.05. The van der Waals surface area contributed by atoms with Crippen LogP contribution in [0.1, 0.15) is 24.1 Å². The van der Waals surface area contributed by atoms with E-state index in [2.05, 4.69) is 27.7 Å². The van der Waals surface area contributed by atoms with E-state index in [1.807, 2.05) is 24.3 Å². The minimum absolute atomic E-state index is 0.00183. The fraction of sp³-hybridized carbons (Fsp3) is 0.450. The second-order valence-corrected chi connectivity index (χ2v) is 7.48. The highest BCUT2D eigenvalue weighted by atomic mass is 32.1. The molecule has 1 atom stereocenters. The lowest BCUT2D eigenvalue weighted by Gasteiger charge is -2.24. The number of benzene rings is 1. The predicted molar refractivity (Wildman–Crippen MR) is 105 cm³/mol. The van der Waals surface area contributed by atoms with E-state index in [4.69, 9.17) is 9.47 Å². The average molecular weight is 375 g/mol. The van der Waals surface area contributed by atoms with Crippen molar-refractivity contribution in [2.75, 3.05) is 32.1 Å². The molecule has 0 bridgehead atoms. The summed E-state index contributed by atoms with van der Waals surface area (Å²) >= 11 is 1.75. The van der Waals surface area contributed by atoms with E-state index in [1.54, 1.807) is 18.4 Å². The van der Waals surface area contributed by atoms with Crippen LogP contribution in [0.2, 0.25) is 0 Å². The molecule has 26 heavy (non-hydrogen) atoms. The number of thiophene rings is 1. The van der Waals surface area contributed by atoms with E-state index in [0.29, 0.717) is 24.4 Å². The van der Waals surface area contributed by atoms with Gasteiger partial charge in [-0.15, -0.1) is 11.3 Å². The molecule has 1 aromatic carbocycles. The number of para-hydroxylation sites is 2. The zero-order valence-electron chi connectivity index (χ0n) is 15.1. The number of hydrogen-bond donors (Lipinski definition) is 1. The summed E-state index contributed by atoms with van der Waals surface area (Å²) in [4.78, 5) is 16.0. The molecule has 0 spiro atoms. The van der Waals surface area contributed by atoms with Crippen LogP contribution in [0.4, 0.5) is 5.69 Å². The molecule has 6 heteroatoms. The van der Waals surface area contributed by atoms with E-state index in [-0.39, 0.29) is 12.0 Å². The van der Waals surface area contributed by atoms with E-state index >= 15 is 0 Å². The van der Waals surface area contributed by atoms with Gasteiger partial charge in [0.05, 0.1) is 18.9 Å². The molecule has 1 amide bonds. The molecule has 0 radical (unpaired) electrons. The Morgan fingerprint density at radius 1 is 1.35 bits per heavy atom. The summed E-state index contributed by atoms with van der Waals surface area (Å²) < 4.78 is 11.1. The van der Waals surface area contributed by atoms with Gasteiger partial charge >= 0.3 is 0 Å². The molecule has 0 aliphatic carbocycles. The summed E-state index contributed by atoms with van der Waals surface area (Å²) in [5.41, 5.74) is 0.712. The highest BCUT2D eigenvalue weighted by molar-refractivity contribution is 7.09. The van der Waals surface area contributed by atoms with Crippen molar-refractivity contribution in [3.63, 3.8) is 0 Å². The smallest absolute Gasteiger partial charge is 0.225 e. The van der Waals surface area contributed by atoms with Crippen LogP contribution in [0.15, 0.2) is 41.8 Å². The van der Waals surface area contributed by atoms with Gasteiger partial charge in [-0.1, -0.05) is 18.2 Å². The summed E-state index contributed by atoms with van der Waals surface area (Å²) in [5.74, 6) is 0.675. The van der Waals surface area contributed by atoms with Crippen LogP contribution in [-0.4, -0.2) is 43.7 Å². The maximum Gasteiger partial charge on any atom is 0.225 e. The van der Waals surface area contributed by atoms with Gasteiger partial charge in [-0.25, -0.2) is 0 Å². The Bertz CT molecular complexity index is 684. The first-order valence-electron chi connectivity index (χ1n) is 9.04. The van der Waals surface area contributed by atoms with Gasteiger partial charge in [0.2, 0.25) is 5.91 Å². The van der Waals surface area contributed by atoms with E-state index < -0.39 is 0 Å². The van der Waals surface area contributed by atoms with Crippen molar-refractivity contribution in [2.24, 2.45) is 0 Å². The van der Waals surface area contributed by atoms with Crippen molar-refractivity contribution in [1.82, 2.24) is 4.90 Å². The maximum atomic E-state index is 12.4. The fourth-order valence-electron chi connectivity index (χ4n) is 3.15. The largest absolute Gasteiger partial charge is 0.495 e. The van der Waals surface area contributed by atoms with Gasteiger partial charge in [0, 0.05) is 37.5 Å². The van der Waals surface area contributed by atoms with E-state index in [9.17, 15) is 4.79 Å². The number of nitrogens with one attached hydrogen (secondary N) is 1. The first-order chi connectivity index (χ1) is 12.7. The Morgan fingerprint density at radius 3 is 2.96 bits per heavy atom. The third kappa shape index (κ3) is 5.56. The van der Waals surface area contributed by atoms with Crippen LogP contribution in [0.5, 0.6) is 5.75 Å². The molecule has 0 saturated carbocycles. The Hall–Kier alpha value is -1.89. The molecule has 1 aliphatic heterocycles. The Labute approximate surface area is 158 Å². The van der Waals surface area contributed by atoms with Gasteiger partial charge in [0.15, 0.2) is 0 Å². The summed E-state index contributed by atoms with van der Waals surface area (Å²) in [6.45, 7) is 3.30. The van der Waals surface area contributed by atoms with Crippen molar-refractivity contribution in [1.29, 1.82) is 0 Å². The van der Waals surface area contributed by atoms with Gasteiger partial charge in [-0.3, -0.25) is 9.69 Å². The van der Waals surface area contributed by atoms with Gasteiger partial charge in [-0.05, 0) is 36.4 Å². The normalized spacial score (nSPS) is 16.8. The molecule has 2 heterocycles. The number of carbonyl (C=O) groups excluding carboxylic acids is 1. The van der Waals surface area contributed by atoms with Crippen LogP contribution in [0.25, 0.3) is 0 Å². The molecule has 140 valence electrons. The van der Waals surface area contributed by atoms with Gasteiger partial charge < -0.3 is 14.8 Å². The monoisotopic (exact) mass is 374 g/mol. The summed E-state index contributed by atoms with van der Waals surface area (Å²) in [7, 11) is 1.61. The highest BCUT2D eigenvalue weighted by Crippen LogP contribution is 2.23. The number of rotatable bonds is 9. The molecule has 1 saturated heterocycles. The third-order valence-electron chi connectivity index (χ3n) is 4.48. The fourth-order valence-corrected chi connectivity index (χ4v) is 3.90. The number of ether oxygens (including phenoxy) is 2. The summed E-state index contributed by atoms with van der Waals surface area (Å²) in [6.07, 6.45) is 2.96. The molecule has 1 aromatic heterocycles. The van der Waals surface area contributed by atoms with Gasteiger partial charge in [-0.2, -0.15) is 0 Å². The molecule has 5 nitrogen and oxygen atoms in total. The van der Waals surface area contributed by atoms with Crippen molar-refractivity contribution in [3.8, 4) is 5.75 Å². The summed E-state index contributed by atoms with van der Waals surface area (Å²) in [6, 6.07) is 11.7. The van der Waals surface area contributed by atoms with Crippen LogP contribution >= 0.6 is 11.3 Å². The Morgan fingerprint density at radius 2 is 2.23 bits per heavy atom. The minimum Gasteiger partial charge on any atom is -0.495 e. The maximum absolute atomic E-state index is 12.4. The number of hydrogen-bond acceptors (Lipinski definition) is 5. The molecule has 1 fully saturated rings. The molecule has 3 rings (SSSR count). The second kappa shape index (κ2) is 9.71. The first kappa shape index (κ1) is 18.9. The number of amides is 1. The second-order valence-electron chi connectivity index (χ2n) is 6.45. The third-order valence-corrected chi connectivity index (χ3v) is 5.34. The molecule has 1 aliphatic rings. The quantitative estimate of drug-likeness (QED) is 0.726. The highest BCUT2D eigenvalue weighted by Gasteiger charge is 2.20. The molecule has 2 aromatic rings. The predicted octanol–water partition coefficient (Wildman–Crippen LogP) is 3.77. The molecular formula is C20H26N2O3S. The average Bonchev–Trinajstić information content (AvgIpc) is 3.34. The van der Waals surface area contributed by atoms with E-state index in [0.717, 1.165) is 32.5 Å². The number of anilines is 1. The van der Waals surface area contributed by atoms with Crippen LogP contribution < -0.4 is 10.1 Å². The molecule has 1 N–H and O–H groups in total.